The van der Waals surface area contributed by atoms with Crippen molar-refractivity contribution in [3.8, 4) is 0 Å². The number of halogens is 2. The molecule has 2 aromatic rings. The molecule has 0 aliphatic carbocycles. The minimum atomic E-state index is -1.34. The molecule has 0 unspecified atom stereocenters. The first-order valence-corrected chi connectivity index (χ1v) is 11.4. The highest BCUT2D eigenvalue weighted by atomic mass is 35.5. The van der Waals surface area contributed by atoms with E-state index in [-0.39, 0.29) is 0 Å². The molecular weight excluding hydrogens is 333 g/mol. The Hall–Kier alpha value is -0.843. The van der Waals surface area contributed by atoms with Crippen LogP contribution in [0.2, 0.25) is 29.7 Å². The van der Waals surface area contributed by atoms with E-state index in [1.807, 2.05) is 12.1 Å². The average molecular weight is 354 g/mol. The summed E-state index contributed by atoms with van der Waals surface area (Å²) in [6, 6.07) is 12.7. The first kappa shape index (κ1) is 17.5. The molecule has 2 rings (SSSR count). The lowest BCUT2D eigenvalue weighted by atomic mass is 9.97. The Morgan fingerprint density at radius 2 is 1.45 bits per heavy atom. The van der Waals surface area contributed by atoms with E-state index in [0.717, 1.165) is 11.1 Å². The summed E-state index contributed by atoms with van der Waals surface area (Å²) in [4.78, 5) is 0. The van der Waals surface area contributed by atoms with Gasteiger partial charge < -0.3 is 10.8 Å². The Morgan fingerprint density at radius 1 is 0.909 bits per heavy atom. The third-order valence-electron chi connectivity index (χ3n) is 3.79. The quantitative estimate of drug-likeness (QED) is 0.806. The van der Waals surface area contributed by atoms with E-state index in [4.69, 9.17) is 28.9 Å². The summed E-state index contributed by atoms with van der Waals surface area (Å²) in [5, 5.41) is 12.8. The number of benzene rings is 2. The summed E-state index contributed by atoms with van der Waals surface area (Å²) >= 11 is 11.9. The fourth-order valence-corrected chi connectivity index (χ4v) is 3.76. The summed E-state index contributed by atoms with van der Waals surface area (Å²) in [6.45, 7) is 6.87. The van der Waals surface area contributed by atoms with E-state index in [2.05, 4.69) is 31.8 Å². The van der Waals surface area contributed by atoms with E-state index >= 15 is 0 Å². The highest BCUT2D eigenvalue weighted by Gasteiger charge is 2.21. The van der Waals surface area contributed by atoms with Gasteiger partial charge in [0.15, 0.2) is 0 Å². The van der Waals surface area contributed by atoms with Crippen molar-refractivity contribution in [2.45, 2.75) is 31.8 Å². The van der Waals surface area contributed by atoms with Crippen LogP contribution in [-0.2, 0) is 0 Å². The van der Waals surface area contributed by atoms with Gasteiger partial charge in [-0.25, -0.2) is 0 Å². The molecule has 0 saturated heterocycles. The highest BCUT2D eigenvalue weighted by molar-refractivity contribution is 6.88. The number of rotatable bonds is 4. The van der Waals surface area contributed by atoms with Crippen LogP contribution in [0.4, 0.5) is 0 Å². The Kier molecular flexibility index (Phi) is 5.36. The standard InChI is InChI=1S/C17H21Cl2NOSi/c1-22(2,3)13-7-4-11(5-8-13)17(21)16(20)12-6-9-14(18)15(19)10-12/h4-10,16-17,21H,20H2,1-3H3/t16-,17+/m0/s1. The van der Waals surface area contributed by atoms with Gasteiger partial charge in [-0.15, -0.1) is 0 Å². The van der Waals surface area contributed by atoms with E-state index in [9.17, 15) is 5.11 Å². The van der Waals surface area contributed by atoms with Gasteiger partial charge >= 0.3 is 0 Å². The number of hydrogen-bond acceptors (Lipinski definition) is 2. The van der Waals surface area contributed by atoms with Crippen molar-refractivity contribution in [1.29, 1.82) is 0 Å². The third-order valence-corrected chi connectivity index (χ3v) is 6.59. The van der Waals surface area contributed by atoms with E-state index in [1.165, 1.54) is 5.19 Å². The SMILES string of the molecule is C[Si](C)(C)c1ccc([C@@H](O)[C@@H](N)c2ccc(Cl)c(Cl)c2)cc1. The van der Waals surface area contributed by atoms with Crippen LogP contribution < -0.4 is 10.9 Å². The normalized spacial score (nSPS) is 14.7. The molecule has 22 heavy (non-hydrogen) atoms. The predicted octanol–water partition coefficient (Wildman–Crippen LogP) is 4.27. The zero-order chi connectivity index (χ0) is 16.5. The van der Waals surface area contributed by atoms with E-state index in [1.54, 1.807) is 18.2 Å². The second-order valence-corrected chi connectivity index (χ2v) is 12.4. The zero-order valence-corrected chi connectivity index (χ0v) is 15.5. The van der Waals surface area contributed by atoms with Crippen molar-refractivity contribution >= 4 is 36.5 Å². The molecule has 0 heterocycles. The molecular formula is C17H21Cl2NOSi. The number of aliphatic hydroxyl groups excluding tert-OH is 1. The molecule has 2 atom stereocenters. The molecule has 0 bridgehead atoms. The largest absolute Gasteiger partial charge is 0.386 e. The predicted molar refractivity (Wildman–Crippen MR) is 97.8 cm³/mol. The maximum Gasteiger partial charge on any atom is 0.0982 e. The van der Waals surface area contributed by atoms with Gasteiger partial charge in [-0.3, -0.25) is 0 Å². The molecule has 0 amide bonds. The molecule has 0 aliphatic rings. The van der Waals surface area contributed by atoms with Gasteiger partial charge in [0.25, 0.3) is 0 Å². The maximum atomic E-state index is 10.5. The number of aliphatic hydroxyl groups is 1. The maximum absolute atomic E-state index is 10.5. The van der Waals surface area contributed by atoms with Gasteiger partial charge in [0.2, 0.25) is 0 Å². The molecule has 0 saturated carbocycles. The van der Waals surface area contributed by atoms with Gasteiger partial charge in [0.1, 0.15) is 0 Å². The minimum Gasteiger partial charge on any atom is -0.386 e. The first-order chi connectivity index (χ1) is 10.2. The number of hydrogen-bond donors (Lipinski definition) is 2. The minimum absolute atomic E-state index is 0.441. The Bertz CT molecular complexity index is 653. The lowest BCUT2D eigenvalue weighted by Gasteiger charge is -2.22. The van der Waals surface area contributed by atoms with Crippen LogP contribution in [0.15, 0.2) is 42.5 Å². The summed E-state index contributed by atoms with van der Waals surface area (Å²) in [5.41, 5.74) is 7.74. The van der Waals surface area contributed by atoms with Gasteiger partial charge in [-0.2, -0.15) is 0 Å². The summed E-state index contributed by atoms with van der Waals surface area (Å²) in [5.74, 6) is 0. The fraction of sp³-hybridized carbons (Fsp3) is 0.294. The molecule has 0 fully saturated rings. The van der Waals surface area contributed by atoms with Gasteiger partial charge in [-0.1, -0.05) is 78.4 Å². The van der Waals surface area contributed by atoms with Crippen molar-refractivity contribution in [3.05, 3.63) is 63.6 Å². The van der Waals surface area contributed by atoms with Gasteiger partial charge in [-0.05, 0) is 23.3 Å². The Labute approximate surface area is 142 Å². The molecule has 118 valence electrons. The lowest BCUT2D eigenvalue weighted by Crippen LogP contribution is -2.37. The summed E-state index contributed by atoms with van der Waals surface area (Å²) in [6.07, 6.45) is -0.784. The van der Waals surface area contributed by atoms with Crippen molar-refractivity contribution in [1.82, 2.24) is 0 Å². The molecule has 0 aliphatic heterocycles. The van der Waals surface area contributed by atoms with Crippen LogP contribution in [0.1, 0.15) is 23.3 Å². The van der Waals surface area contributed by atoms with Crippen LogP contribution >= 0.6 is 23.2 Å². The second kappa shape index (κ2) is 6.73. The Balaban J connectivity index is 2.23. The van der Waals surface area contributed by atoms with Crippen LogP contribution in [0.25, 0.3) is 0 Å². The second-order valence-electron chi connectivity index (χ2n) is 6.52. The van der Waals surface area contributed by atoms with Crippen molar-refractivity contribution in [3.63, 3.8) is 0 Å². The van der Waals surface area contributed by atoms with Crippen molar-refractivity contribution in [2.24, 2.45) is 5.73 Å². The highest BCUT2D eigenvalue weighted by Crippen LogP contribution is 2.30. The molecule has 2 nitrogen and oxygen atoms in total. The zero-order valence-electron chi connectivity index (χ0n) is 13.0. The smallest absolute Gasteiger partial charge is 0.0982 e. The fourth-order valence-electron chi connectivity index (χ4n) is 2.29. The molecule has 2 aromatic carbocycles. The Morgan fingerprint density at radius 3 is 1.95 bits per heavy atom. The molecule has 0 aromatic heterocycles. The topological polar surface area (TPSA) is 46.2 Å². The van der Waals surface area contributed by atoms with Gasteiger partial charge in [0, 0.05) is 0 Å². The van der Waals surface area contributed by atoms with E-state index < -0.39 is 20.2 Å². The van der Waals surface area contributed by atoms with Crippen LogP contribution in [-0.4, -0.2) is 13.2 Å². The molecule has 3 N–H and O–H groups in total. The summed E-state index contributed by atoms with van der Waals surface area (Å²) < 4.78 is 0. The molecule has 5 heteroatoms. The monoisotopic (exact) mass is 353 g/mol. The number of nitrogens with two attached hydrogens (primary N) is 1. The first-order valence-electron chi connectivity index (χ1n) is 7.19. The van der Waals surface area contributed by atoms with Crippen LogP contribution in [0.3, 0.4) is 0 Å². The third kappa shape index (κ3) is 3.92. The van der Waals surface area contributed by atoms with Crippen molar-refractivity contribution < 1.29 is 5.11 Å². The lowest BCUT2D eigenvalue weighted by molar-refractivity contribution is 0.147. The summed E-state index contributed by atoms with van der Waals surface area (Å²) in [7, 11) is -1.34. The molecule has 0 radical (unpaired) electrons. The average Bonchev–Trinajstić information content (AvgIpc) is 2.48. The van der Waals surface area contributed by atoms with Crippen LogP contribution in [0, 0.1) is 0 Å². The van der Waals surface area contributed by atoms with Crippen molar-refractivity contribution in [2.75, 3.05) is 0 Å². The van der Waals surface area contributed by atoms with Crippen LogP contribution in [0.5, 0.6) is 0 Å². The molecule has 0 spiro atoms. The van der Waals surface area contributed by atoms with E-state index in [0.29, 0.717) is 10.0 Å². The van der Waals surface area contributed by atoms with Gasteiger partial charge in [0.05, 0.1) is 30.3 Å².